The third kappa shape index (κ3) is 3.18. The van der Waals surface area contributed by atoms with Crippen molar-refractivity contribution in [1.29, 1.82) is 0 Å². The van der Waals surface area contributed by atoms with Gasteiger partial charge in [0.05, 0.1) is 20.6 Å². The average molecular weight is 263 g/mol. The fourth-order valence-electron chi connectivity index (χ4n) is 1.55. The first kappa shape index (κ1) is 12.8. The van der Waals surface area contributed by atoms with Gasteiger partial charge in [-0.2, -0.15) is 5.21 Å². The van der Waals surface area contributed by atoms with Crippen LogP contribution in [0.25, 0.3) is 0 Å². The number of hydrogen-bond acceptors (Lipinski definition) is 6. The molecular formula is C11H13N5O3. The summed E-state index contributed by atoms with van der Waals surface area (Å²) in [4.78, 5) is 11.8. The molecule has 0 saturated carbocycles. The molecule has 8 heteroatoms. The molecule has 0 spiro atoms. The van der Waals surface area contributed by atoms with Gasteiger partial charge in [0.2, 0.25) is 5.91 Å². The Hall–Kier alpha value is -2.64. The number of carbonyl (C=O) groups excluding carboxylic acids is 1. The van der Waals surface area contributed by atoms with E-state index in [4.69, 9.17) is 9.47 Å². The molecule has 0 bridgehead atoms. The molecule has 0 atom stereocenters. The Labute approximate surface area is 109 Å². The minimum Gasteiger partial charge on any atom is -0.497 e. The third-order valence-electron chi connectivity index (χ3n) is 2.44. The van der Waals surface area contributed by atoms with Crippen LogP contribution in [0, 0.1) is 0 Å². The van der Waals surface area contributed by atoms with Crippen molar-refractivity contribution in [1.82, 2.24) is 20.6 Å². The fraction of sp³-hybridized carbons (Fsp3) is 0.273. The second kappa shape index (κ2) is 5.80. The predicted octanol–water partition coefficient (Wildman–Crippen LogP) is 0.398. The monoisotopic (exact) mass is 263 g/mol. The van der Waals surface area contributed by atoms with Gasteiger partial charge in [-0.1, -0.05) is 11.2 Å². The summed E-state index contributed by atoms with van der Waals surface area (Å²) in [7, 11) is 3.10. The van der Waals surface area contributed by atoms with Crippen LogP contribution in [0.15, 0.2) is 18.2 Å². The maximum absolute atomic E-state index is 11.8. The zero-order chi connectivity index (χ0) is 13.7. The summed E-state index contributed by atoms with van der Waals surface area (Å²) in [6.45, 7) is 0. The normalized spacial score (nSPS) is 10.0. The van der Waals surface area contributed by atoms with Gasteiger partial charge >= 0.3 is 0 Å². The SMILES string of the molecule is COc1ccc(CC(=O)Nc2nn[nH]n2)c(OC)c1. The molecule has 100 valence electrons. The van der Waals surface area contributed by atoms with Gasteiger partial charge in [-0.3, -0.25) is 10.1 Å². The second-order valence-corrected chi connectivity index (χ2v) is 3.64. The number of H-pyrrole nitrogens is 1. The maximum atomic E-state index is 11.8. The summed E-state index contributed by atoms with van der Waals surface area (Å²) in [5, 5.41) is 15.4. The lowest BCUT2D eigenvalue weighted by molar-refractivity contribution is -0.115. The number of hydrogen-bond donors (Lipinski definition) is 2. The van der Waals surface area contributed by atoms with E-state index in [-0.39, 0.29) is 18.3 Å². The van der Waals surface area contributed by atoms with E-state index in [1.807, 2.05) is 0 Å². The summed E-state index contributed by atoms with van der Waals surface area (Å²) in [5.74, 6) is 1.13. The summed E-state index contributed by atoms with van der Waals surface area (Å²) in [5.41, 5.74) is 0.740. The first-order valence-electron chi connectivity index (χ1n) is 5.47. The molecule has 0 fully saturated rings. The van der Waals surface area contributed by atoms with Gasteiger partial charge in [-0.25, -0.2) is 0 Å². The van der Waals surface area contributed by atoms with E-state index in [9.17, 15) is 4.79 Å². The lowest BCUT2D eigenvalue weighted by atomic mass is 10.1. The van der Waals surface area contributed by atoms with E-state index < -0.39 is 0 Å². The fourth-order valence-corrected chi connectivity index (χ4v) is 1.55. The predicted molar refractivity (Wildman–Crippen MR) is 66.1 cm³/mol. The molecule has 1 amide bonds. The Balaban J connectivity index is 2.07. The quantitative estimate of drug-likeness (QED) is 0.809. The topological polar surface area (TPSA) is 102 Å². The van der Waals surface area contributed by atoms with Gasteiger partial charge in [0.25, 0.3) is 5.95 Å². The van der Waals surface area contributed by atoms with Gasteiger partial charge in [0.1, 0.15) is 11.5 Å². The first-order chi connectivity index (χ1) is 9.22. The van der Waals surface area contributed by atoms with Gasteiger partial charge in [-0.15, -0.1) is 5.10 Å². The minimum atomic E-state index is -0.259. The number of methoxy groups -OCH3 is 2. The van der Waals surface area contributed by atoms with Crippen molar-refractivity contribution >= 4 is 11.9 Å². The number of carbonyl (C=O) groups is 1. The van der Waals surface area contributed by atoms with Crippen LogP contribution in [0.5, 0.6) is 11.5 Å². The van der Waals surface area contributed by atoms with E-state index in [2.05, 4.69) is 25.9 Å². The van der Waals surface area contributed by atoms with Crippen LogP contribution in [-0.4, -0.2) is 40.8 Å². The number of rotatable bonds is 5. The molecule has 0 aliphatic heterocycles. The molecule has 1 aromatic carbocycles. The summed E-state index contributed by atoms with van der Waals surface area (Å²) >= 11 is 0. The molecule has 2 N–H and O–H groups in total. The molecular weight excluding hydrogens is 250 g/mol. The zero-order valence-corrected chi connectivity index (χ0v) is 10.5. The highest BCUT2D eigenvalue weighted by atomic mass is 16.5. The molecule has 0 unspecified atom stereocenters. The van der Waals surface area contributed by atoms with E-state index in [1.165, 1.54) is 7.11 Å². The summed E-state index contributed by atoms with van der Waals surface area (Å²) < 4.78 is 10.3. The Morgan fingerprint density at radius 3 is 2.84 bits per heavy atom. The summed E-state index contributed by atoms with van der Waals surface area (Å²) in [6.07, 6.45) is 0.141. The summed E-state index contributed by atoms with van der Waals surface area (Å²) in [6, 6.07) is 5.25. The number of tetrazole rings is 1. The molecule has 0 saturated heterocycles. The van der Waals surface area contributed by atoms with Crippen LogP contribution in [0.4, 0.5) is 5.95 Å². The lowest BCUT2D eigenvalue weighted by Crippen LogP contribution is -2.16. The number of anilines is 1. The Morgan fingerprint density at radius 1 is 1.37 bits per heavy atom. The van der Waals surface area contributed by atoms with E-state index >= 15 is 0 Å². The van der Waals surface area contributed by atoms with Gasteiger partial charge in [0, 0.05) is 11.6 Å². The number of nitrogens with zero attached hydrogens (tertiary/aromatic N) is 3. The van der Waals surface area contributed by atoms with Crippen molar-refractivity contribution in [2.75, 3.05) is 19.5 Å². The van der Waals surface area contributed by atoms with Crippen molar-refractivity contribution in [2.45, 2.75) is 6.42 Å². The molecule has 0 aliphatic carbocycles. The minimum absolute atomic E-state index is 0.137. The number of amides is 1. The van der Waals surface area contributed by atoms with Crippen molar-refractivity contribution in [2.24, 2.45) is 0 Å². The molecule has 0 radical (unpaired) electrons. The van der Waals surface area contributed by atoms with Crippen LogP contribution in [0.3, 0.4) is 0 Å². The highest BCUT2D eigenvalue weighted by molar-refractivity contribution is 5.90. The van der Waals surface area contributed by atoms with Crippen LogP contribution in [0.1, 0.15) is 5.56 Å². The van der Waals surface area contributed by atoms with Crippen LogP contribution in [0.2, 0.25) is 0 Å². The molecule has 1 heterocycles. The van der Waals surface area contributed by atoms with Gasteiger partial charge in [-0.05, 0) is 11.3 Å². The number of aromatic amines is 1. The Morgan fingerprint density at radius 2 is 2.21 bits per heavy atom. The number of aromatic nitrogens is 4. The molecule has 1 aromatic heterocycles. The average Bonchev–Trinajstić information content (AvgIpc) is 2.91. The van der Waals surface area contributed by atoms with Crippen molar-refractivity contribution in [3.63, 3.8) is 0 Å². The smallest absolute Gasteiger partial charge is 0.269 e. The third-order valence-corrected chi connectivity index (χ3v) is 2.44. The first-order valence-corrected chi connectivity index (χ1v) is 5.47. The Kier molecular flexibility index (Phi) is 3.91. The van der Waals surface area contributed by atoms with E-state index in [0.717, 1.165) is 5.56 Å². The van der Waals surface area contributed by atoms with Crippen molar-refractivity contribution < 1.29 is 14.3 Å². The standard InChI is InChI=1S/C11H13N5O3/c1-18-8-4-3-7(9(6-8)19-2)5-10(17)12-11-13-15-16-14-11/h3-4,6H,5H2,1-2H3,(H2,12,13,14,15,16,17). The largest absolute Gasteiger partial charge is 0.497 e. The van der Waals surface area contributed by atoms with Crippen LogP contribution in [-0.2, 0) is 11.2 Å². The van der Waals surface area contributed by atoms with Gasteiger partial charge < -0.3 is 9.47 Å². The van der Waals surface area contributed by atoms with E-state index in [0.29, 0.717) is 11.5 Å². The zero-order valence-electron chi connectivity index (χ0n) is 10.5. The highest BCUT2D eigenvalue weighted by Crippen LogP contribution is 2.25. The number of nitrogens with one attached hydrogen (secondary N) is 2. The molecule has 2 rings (SSSR count). The molecule has 19 heavy (non-hydrogen) atoms. The highest BCUT2D eigenvalue weighted by Gasteiger charge is 2.11. The number of ether oxygens (including phenoxy) is 2. The lowest BCUT2D eigenvalue weighted by Gasteiger charge is -2.09. The van der Waals surface area contributed by atoms with Gasteiger partial charge in [0.15, 0.2) is 0 Å². The Bertz CT molecular complexity index is 555. The van der Waals surface area contributed by atoms with Crippen LogP contribution < -0.4 is 14.8 Å². The second-order valence-electron chi connectivity index (χ2n) is 3.64. The van der Waals surface area contributed by atoms with Crippen molar-refractivity contribution in [3.8, 4) is 11.5 Å². The molecule has 2 aromatic rings. The van der Waals surface area contributed by atoms with Crippen LogP contribution >= 0.6 is 0 Å². The van der Waals surface area contributed by atoms with Crippen molar-refractivity contribution in [3.05, 3.63) is 23.8 Å². The molecule has 8 nitrogen and oxygen atoms in total. The molecule has 0 aliphatic rings. The van der Waals surface area contributed by atoms with E-state index in [1.54, 1.807) is 25.3 Å². The maximum Gasteiger partial charge on any atom is 0.269 e. The number of benzene rings is 1.